The van der Waals surface area contributed by atoms with Crippen LogP contribution in [0.25, 0.3) is 10.9 Å². The fraction of sp³-hybridized carbons (Fsp3) is 0.111. The maximum atomic E-state index is 12.5. The summed E-state index contributed by atoms with van der Waals surface area (Å²) in [5, 5.41) is 4.36. The number of aromatic nitrogens is 1. The highest BCUT2D eigenvalue weighted by Gasteiger charge is 2.15. The van der Waals surface area contributed by atoms with E-state index in [0.717, 1.165) is 16.5 Å². The molecular formula is C18H15ClN2O2. The number of fused-ring (bicyclic) bond motifs is 1. The van der Waals surface area contributed by atoms with Crippen LogP contribution in [0, 0.1) is 6.92 Å². The lowest BCUT2D eigenvalue weighted by Crippen LogP contribution is -2.13. The van der Waals surface area contributed by atoms with E-state index in [4.69, 9.17) is 11.6 Å². The lowest BCUT2D eigenvalue weighted by atomic mass is 10.1. The van der Waals surface area contributed by atoms with Gasteiger partial charge in [0.05, 0.1) is 0 Å². The minimum absolute atomic E-state index is 0.0440. The summed E-state index contributed by atoms with van der Waals surface area (Å²) >= 11 is 6.01. The topological polar surface area (TPSA) is 62.0 Å². The third-order valence-electron chi connectivity index (χ3n) is 3.77. The van der Waals surface area contributed by atoms with Gasteiger partial charge in [0, 0.05) is 27.2 Å². The molecule has 0 saturated carbocycles. The second-order valence-corrected chi connectivity index (χ2v) is 5.84. The van der Waals surface area contributed by atoms with E-state index in [1.807, 2.05) is 19.1 Å². The average Bonchev–Trinajstić information content (AvgIpc) is 2.84. The molecule has 0 bridgehead atoms. The van der Waals surface area contributed by atoms with Crippen LogP contribution in [-0.4, -0.2) is 16.7 Å². The van der Waals surface area contributed by atoms with Crippen molar-refractivity contribution < 1.29 is 9.59 Å². The Morgan fingerprint density at radius 2 is 1.91 bits per heavy atom. The van der Waals surface area contributed by atoms with E-state index in [1.165, 1.54) is 6.92 Å². The molecule has 0 saturated heterocycles. The van der Waals surface area contributed by atoms with Crippen molar-refractivity contribution in [2.75, 3.05) is 5.32 Å². The molecule has 0 fully saturated rings. The van der Waals surface area contributed by atoms with Crippen molar-refractivity contribution in [2.45, 2.75) is 13.8 Å². The van der Waals surface area contributed by atoms with Gasteiger partial charge in [-0.15, -0.1) is 0 Å². The first-order valence-corrected chi connectivity index (χ1v) is 7.53. The number of ketones is 1. The van der Waals surface area contributed by atoms with Crippen molar-refractivity contribution in [2.24, 2.45) is 0 Å². The molecule has 0 spiro atoms. The van der Waals surface area contributed by atoms with E-state index in [1.54, 1.807) is 30.3 Å². The van der Waals surface area contributed by atoms with Gasteiger partial charge in [0.25, 0.3) is 5.91 Å². The zero-order valence-corrected chi connectivity index (χ0v) is 13.5. The van der Waals surface area contributed by atoms with Crippen molar-refractivity contribution in [1.82, 2.24) is 4.98 Å². The largest absolute Gasteiger partial charge is 0.350 e. The van der Waals surface area contributed by atoms with E-state index in [0.29, 0.717) is 22.0 Å². The van der Waals surface area contributed by atoms with Crippen LogP contribution in [-0.2, 0) is 0 Å². The predicted octanol–water partition coefficient (Wildman–Crippen LogP) is 4.58. The van der Waals surface area contributed by atoms with Crippen molar-refractivity contribution >= 4 is 39.9 Å². The molecular weight excluding hydrogens is 312 g/mol. The molecule has 0 atom stereocenters. The van der Waals surface area contributed by atoms with Gasteiger partial charge in [-0.3, -0.25) is 9.59 Å². The Kier molecular flexibility index (Phi) is 3.92. The second kappa shape index (κ2) is 5.89. The number of H-pyrrole nitrogens is 1. The maximum Gasteiger partial charge on any atom is 0.272 e. The van der Waals surface area contributed by atoms with Crippen molar-refractivity contribution in [3.05, 3.63) is 64.3 Å². The van der Waals surface area contributed by atoms with Gasteiger partial charge in [0.15, 0.2) is 5.78 Å². The minimum atomic E-state index is -0.254. The lowest BCUT2D eigenvalue weighted by Gasteiger charge is -2.06. The van der Waals surface area contributed by atoms with Crippen LogP contribution in [0.1, 0.15) is 33.3 Å². The van der Waals surface area contributed by atoms with Crippen LogP contribution in [0.15, 0.2) is 42.5 Å². The smallest absolute Gasteiger partial charge is 0.272 e. The van der Waals surface area contributed by atoms with Gasteiger partial charge in [-0.2, -0.15) is 0 Å². The van der Waals surface area contributed by atoms with E-state index >= 15 is 0 Å². The summed E-state index contributed by atoms with van der Waals surface area (Å²) in [4.78, 5) is 27.0. The lowest BCUT2D eigenvalue weighted by molar-refractivity contribution is 0.100. The van der Waals surface area contributed by atoms with Crippen LogP contribution in [0.3, 0.4) is 0 Å². The van der Waals surface area contributed by atoms with E-state index in [9.17, 15) is 9.59 Å². The van der Waals surface area contributed by atoms with Gasteiger partial charge in [0.1, 0.15) is 5.69 Å². The fourth-order valence-corrected chi connectivity index (χ4v) is 2.71. The maximum absolute atomic E-state index is 12.5. The number of Topliss-reactive ketones (excluding diaryl/α,β-unsaturated/α-hetero) is 1. The Hall–Kier alpha value is -2.59. The summed E-state index contributed by atoms with van der Waals surface area (Å²) < 4.78 is 0. The zero-order chi connectivity index (χ0) is 16.6. The van der Waals surface area contributed by atoms with Gasteiger partial charge in [-0.05, 0) is 49.7 Å². The van der Waals surface area contributed by atoms with Gasteiger partial charge < -0.3 is 10.3 Å². The molecule has 0 aliphatic carbocycles. The monoisotopic (exact) mass is 326 g/mol. The quantitative estimate of drug-likeness (QED) is 0.692. The molecule has 4 nitrogen and oxygen atoms in total. The summed E-state index contributed by atoms with van der Waals surface area (Å²) in [6.45, 7) is 3.36. The zero-order valence-electron chi connectivity index (χ0n) is 12.7. The molecule has 1 aromatic heterocycles. The van der Waals surface area contributed by atoms with E-state index in [-0.39, 0.29) is 11.7 Å². The Morgan fingerprint density at radius 3 is 2.65 bits per heavy atom. The van der Waals surface area contributed by atoms with Crippen LogP contribution < -0.4 is 5.32 Å². The van der Waals surface area contributed by atoms with Crippen LogP contribution in [0.5, 0.6) is 0 Å². The van der Waals surface area contributed by atoms with E-state index in [2.05, 4.69) is 10.3 Å². The van der Waals surface area contributed by atoms with Gasteiger partial charge >= 0.3 is 0 Å². The number of anilines is 1. The highest BCUT2D eigenvalue weighted by Crippen LogP contribution is 2.25. The highest BCUT2D eigenvalue weighted by atomic mass is 35.5. The Balaban J connectivity index is 1.93. The molecule has 2 aromatic carbocycles. The molecule has 3 rings (SSSR count). The second-order valence-electron chi connectivity index (χ2n) is 5.41. The van der Waals surface area contributed by atoms with E-state index < -0.39 is 0 Å². The number of aromatic amines is 1. The standard InChI is InChI=1S/C18H15ClN2O2/c1-10-15-9-13(19)6-7-16(15)21-17(10)18(23)20-14-5-3-4-12(8-14)11(2)22/h3-9,21H,1-2H3,(H,20,23). The third-order valence-corrected chi connectivity index (χ3v) is 4.01. The number of carbonyl (C=O) groups excluding carboxylic acids is 2. The third kappa shape index (κ3) is 2.98. The van der Waals surface area contributed by atoms with Crippen LogP contribution in [0.2, 0.25) is 5.02 Å². The number of amides is 1. The fourth-order valence-electron chi connectivity index (χ4n) is 2.54. The van der Waals surface area contributed by atoms with Crippen molar-refractivity contribution in [3.8, 4) is 0 Å². The summed E-state index contributed by atoms with van der Waals surface area (Å²) in [5.41, 5.74) is 3.31. The number of benzene rings is 2. The van der Waals surface area contributed by atoms with Gasteiger partial charge in [0.2, 0.25) is 0 Å². The molecule has 0 unspecified atom stereocenters. The molecule has 0 aliphatic heterocycles. The molecule has 1 heterocycles. The highest BCUT2D eigenvalue weighted by molar-refractivity contribution is 6.31. The molecule has 3 aromatic rings. The number of hydrogen-bond donors (Lipinski definition) is 2. The predicted molar refractivity (Wildman–Crippen MR) is 92.4 cm³/mol. The SMILES string of the molecule is CC(=O)c1cccc(NC(=O)c2[nH]c3ccc(Cl)cc3c2C)c1. The number of rotatable bonds is 3. The number of aryl methyl sites for hydroxylation is 1. The summed E-state index contributed by atoms with van der Waals surface area (Å²) in [6, 6.07) is 12.3. The van der Waals surface area contributed by atoms with Gasteiger partial charge in [-0.1, -0.05) is 23.7 Å². The summed E-state index contributed by atoms with van der Waals surface area (Å²) in [6.07, 6.45) is 0. The molecule has 1 amide bonds. The first-order chi connectivity index (χ1) is 11.0. The molecule has 116 valence electrons. The summed E-state index contributed by atoms with van der Waals surface area (Å²) in [7, 11) is 0. The molecule has 2 N–H and O–H groups in total. The molecule has 0 radical (unpaired) electrons. The Bertz CT molecular complexity index is 928. The number of halogens is 1. The first-order valence-electron chi connectivity index (χ1n) is 7.16. The number of carbonyl (C=O) groups is 2. The minimum Gasteiger partial charge on any atom is -0.350 e. The Labute approximate surface area is 138 Å². The van der Waals surface area contributed by atoms with Crippen molar-refractivity contribution in [3.63, 3.8) is 0 Å². The number of nitrogens with one attached hydrogen (secondary N) is 2. The molecule has 0 aliphatic rings. The average molecular weight is 327 g/mol. The molecule has 5 heteroatoms. The first kappa shape index (κ1) is 15.3. The van der Waals surface area contributed by atoms with Crippen LogP contribution in [0.4, 0.5) is 5.69 Å². The van der Waals surface area contributed by atoms with Crippen LogP contribution >= 0.6 is 11.6 Å². The molecule has 23 heavy (non-hydrogen) atoms. The number of hydrogen-bond acceptors (Lipinski definition) is 2. The summed E-state index contributed by atoms with van der Waals surface area (Å²) in [5.74, 6) is -0.298. The van der Waals surface area contributed by atoms with Crippen molar-refractivity contribution in [1.29, 1.82) is 0 Å². The van der Waals surface area contributed by atoms with Gasteiger partial charge in [-0.25, -0.2) is 0 Å². The Morgan fingerprint density at radius 1 is 1.13 bits per heavy atom. The normalized spacial score (nSPS) is 10.7.